The number of hydrogen-bond donors (Lipinski definition) is 0. The van der Waals surface area contributed by atoms with E-state index in [0.29, 0.717) is 33.8 Å². The first kappa shape index (κ1) is 18.7. The van der Waals surface area contributed by atoms with Crippen molar-refractivity contribution in [2.24, 2.45) is 7.05 Å². The van der Waals surface area contributed by atoms with Gasteiger partial charge in [0.2, 0.25) is 5.78 Å². The van der Waals surface area contributed by atoms with Crippen LogP contribution in [-0.4, -0.2) is 34.9 Å². The monoisotopic (exact) mass is 414 g/mol. The lowest BCUT2D eigenvalue weighted by atomic mass is 10.2. The zero-order valence-electron chi connectivity index (χ0n) is 16.9. The van der Waals surface area contributed by atoms with Gasteiger partial charge in [-0.05, 0) is 31.2 Å². The van der Waals surface area contributed by atoms with E-state index in [-0.39, 0.29) is 12.2 Å². The molecule has 0 N–H and O–H groups in total. The average molecular weight is 414 g/mol. The maximum atomic E-state index is 12.7. The van der Waals surface area contributed by atoms with Gasteiger partial charge in [0.1, 0.15) is 5.56 Å². The van der Waals surface area contributed by atoms with Gasteiger partial charge in [0.05, 0.1) is 28.5 Å². The summed E-state index contributed by atoms with van der Waals surface area (Å²) in [5, 5.41) is 13.1. The van der Waals surface area contributed by atoms with E-state index in [0.717, 1.165) is 5.69 Å². The second kappa shape index (κ2) is 7.21. The Morgan fingerprint density at radius 2 is 1.77 bits per heavy atom. The minimum atomic E-state index is -0.509. The zero-order chi connectivity index (χ0) is 21.5. The van der Waals surface area contributed by atoms with Gasteiger partial charge in [-0.3, -0.25) is 13.8 Å². The zero-order valence-corrected chi connectivity index (χ0v) is 16.9. The van der Waals surface area contributed by atoms with Crippen LogP contribution in [0.1, 0.15) is 21.9 Å². The SMILES string of the molecule is Cc1c(C(=O)OCc2nnc3n(C)c(=O)c4ccccc4n23)cnn1-c1ccccc1. The standard InChI is InChI=1S/C22H18N6O3/c1-14-17(12-23-28(14)15-8-4-3-5-9-15)21(30)31-13-19-24-25-22-26(2)20(29)16-10-6-7-11-18(16)27(19)22/h3-12H,13H2,1-2H3. The molecule has 2 aromatic carbocycles. The van der Waals surface area contributed by atoms with E-state index in [9.17, 15) is 9.59 Å². The lowest BCUT2D eigenvalue weighted by Gasteiger charge is -2.08. The number of fused-ring (bicyclic) bond motifs is 3. The van der Waals surface area contributed by atoms with Crippen molar-refractivity contribution in [3.05, 3.63) is 88.2 Å². The highest BCUT2D eigenvalue weighted by Crippen LogP contribution is 2.17. The van der Waals surface area contributed by atoms with Crippen molar-refractivity contribution in [1.82, 2.24) is 28.9 Å². The molecule has 0 bridgehead atoms. The Labute approximate surface area is 176 Å². The first-order chi connectivity index (χ1) is 15.1. The highest BCUT2D eigenvalue weighted by molar-refractivity contribution is 5.90. The van der Waals surface area contributed by atoms with Crippen molar-refractivity contribution >= 4 is 22.6 Å². The van der Waals surface area contributed by atoms with Crippen LogP contribution in [-0.2, 0) is 18.4 Å². The minimum absolute atomic E-state index is 0.0991. The Hall–Kier alpha value is -4.27. The lowest BCUT2D eigenvalue weighted by molar-refractivity contribution is 0.0460. The maximum Gasteiger partial charge on any atom is 0.342 e. The van der Waals surface area contributed by atoms with E-state index in [4.69, 9.17) is 4.74 Å². The van der Waals surface area contributed by atoms with Gasteiger partial charge in [0.25, 0.3) is 5.56 Å². The topological polar surface area (TPSA) is 96.3 Å². The quantitative estimate of drug-likeness (QED) is 0.419. The third-order valence-electron chi connectivity index (χ3n) is 5.26. The number of carbonyl (C=O) groups excluding carboxylic acids is 1. The molecular weight excluding hydrogens is 396 g/mol. The van der Waals surface area contributed by atoms with E-state index in [2.05, 4.69) is 15.3 Å². The minimum Gasteiger partial charge on any atom is -0.454 e. The molecule has 0 atom stereocenters. The molecule has 3 aromatic heterocycles. The summed E-state index contributed by atoms with van der Waals surface area (Å²) in [7, 11) is 1.63. The lowest BCUT2D eigenvalue weighted by Crippen LogP contribution is -2.20. The molecule has 0 aliphatic heterocycles. The molecule has 31 heavy (non-hydrogen) atoms. The van der Waals surface area contributed by atoms with E-state index in [1.165, 1.54) is 10.8 Å². The van der Waals surface area contributed by atoms with Crippen LogP contribution in [0.5, 0.6) is 0 Å². The third-order valence-corrected chi connectivity index (χ3v) is 5.26. The van der Waals surface area contributed by atoms with Gasteiger partial charge in [-0.25, -0.2) is 9.48 Å². The molecule has 5 rings (SSSR count). The normalized spacial score (nSPS) is 11.3. The second-order valence-electron chi connectivity index (χ2n) is 7.10. The van der Waals surface area contributed by atoms with Gasteiger partial charge in [-0.1, -0.05) is 30.3 Å². The van der Waals surface area contributed by atoms with Crippen LogP contribution in [0, 0.1) is 6.92 Å². The number of benzene rings is 2. The Bertz CT molecular complexity index is 1500. The Morgan fingerprint density at radius 3 is 2.58 bits per heavy atom. The van der Waals surface area contributed by atoms with Gasteiger partial charge in [0.15, 0.2) is 12.4 Å². The van der Waals surface area contributed by atoms with Crippen LogP contribution in [0.3, 0.4) is 0 Å². The summed E-state index contributed by atoms with van der Waals surface area (Å²) in [4.78, 5) is 25.3. The number of nitrogens with zero attached hydrogens (tertiary/aromatic N) is 6. The summed E-state index contributed by atoms with van der Waals surface area (Å²) in [6, 6.07) is 16.7. The first-order valence-electron chi connectivity index (χ1n) is 9.65. The summed E-state index contributed by atoms with van der Waals surface area (Å²) in [5.74, 6) is 0.289. The number of rotatable bonds is 4. The molecule has 154 valence electrons. The number of hydrogen-bond acceptors (Lipinski definition) is 6. The highest BCUT2D eigenvalue weighted by atomic mass is 16.5. The molecule has 3 heterocycles. The van der Waals surface area contributed by atoms with E-state index in [1.54, 1.807) is 28.3 Å². The molecule has 5 aromatic rings. The number of aromatic nitrogens is 6. The van der Waals surface area contributed by atoms with Crippen LogP contribution in [0.4, 0.5) is 0 Å². The van der Waals surface area contributed by atoms with Crippen LogP contribution in [0.2, 0.25) is 0 Å². The van der Waals surface area contributed by atoms with Crippen LogP contribution in [0.25, 0.3) is 22.4 Å². The summed E-state index contributed by atoms with van der Waals surface area (Å²) < 4.78 is 10.4. The smallest absolute Gasteiger partial charge is 0.342 e. The average Bonchev–Trinajstić information content (AvgIpc) is 3.40. The molecule has 9 nitrogen and oxygen atoms in total. The summed E-state index contributed by atoms with van der Waals surface area (Å²) >= 11 is 0. The summed E-state index contributed by atoms with van der Waals surface area (Å²) in [6.07, 6.45) is 1.49. The number of esters is 1. The fraction of sp³-hybridized carbons (Fsp3) is 0.136. The molecule has 0 saturated carbocycles. The molecule has 0 aliphatic carbocycles. The van der Waals surface area contributed by atoms with E-state index < -0.39 is 5.97 Å². The largest absolute Gasteiger partial charge is 0.454 e. The van der Waals surface area contributed by atoms with Crippen LogP contribution in [0.15, 0.2) is 65.6 Å². The van der Waals surface area contributed by atoms with Crippen LogP contribution >= 0.6 is 0 Å². The van der Waals surface area contributed by atoms with Gasteiger partial charge in [-0.2, -0.15) is 5.10 Å². The van der Waals surface area contributed by atoms with Gasteiger partial charge in [-0.15, -0.1) is 10.2 Å². The van der Waals surface area contributed by atoms with Crippen molar-refractivity contribution in [3.8, 4) is 5.69 Å². The first-order valence-corrected chi connectivity index (χ1v) is 9.65. The van der Waals surface area contributed by atoms with Crippen molar-refractivity contribution in [2.45, 2.75) is 13.5 Å². The second-order valence-corrected chi connectivity index (χ2v) is 7.10. The molecule has 9 heteroatoms. The molecule has 0 aliphatic rings. The predicted molar refractivity (Wildman–Crippen MR) is 113 cm³/mol. The van der Waals surface area contributed by atoms with E-state index in [1.807, 2.05) is 49.4 Å². The Balaban J connectivity index is 1.47. The number of carbonyl (C=O) groups is 1. The summed E-state index contributed by atoms with van der Waals surface area (Å²) in [5.41, 5.74) is 2.40. The fourth-order valence-corrected chi connectivity index (χ4v) is 3.63. The van der Waals surface area contributed by atoms with Gasteiger partial charge >= 0.3 is 5.97 Å². The molecule has 0 spiro atoms. The number of aryl methyl sites for hydroxylation is 1. The van der Waals surface area contributed by atoms with Gasteiger partial charge in [0, 0.05) is 7.05 Å². The number of para-hydroxylation sites is 2. The predicted octanol–water partition coefficient (Wildman–Crippen LogP) is 2.43. The molecule has 0 amide bonds. The highest BCUT2D eigenvalue weighted by Gasteiger charge is 2.19. The maximum absolute atomic E-state index is 12.7. The molecule has 0 unspecified atom stereocenters. The molecular formula is C22H18N6O3. The summed E-state index contributed by atoms with van der Waals surface area (Å²) in [6.45, 7) is 1.71. The molecule has 0 saturated heterocycles. The van der Waals surface area contributed by atoms with Gasteiger partial charge < -0.3 is 4.74 Å². The van der Waals surface area contributed by atoms with E-state index >= 15 is 0 Å². The number of ether oxygens (including phenoxy) is 1. The molecule has 0 fully saturated rings. The third kappa shape index (κ3) is 2.98. The Morgan fingerprint density at radius 1 is 1.03 bits per heavy atom. The Kier molecular flexibility index (Phi) is 4.36. The van der Waals surface area contributed by atoms with Crippen molar-refractivity contribution in [3.63, 3.8) is 0 Å². The van der Waals surface area contributed by atoms with Crippen LogP contribution < -0.4 is 5.56 Å². The fourth-order valence-electron chi connectivity index (χ4n) is 3.63. The van der Waals surface area contributed by atoms with Crippen molar-refractivity contribution in [2.75, 3.05) is 0 Å². The molecule has 0 radical (unpaired) electrons. The van der Waals surface area contributed by atoms with Crippen molar-refractivity contribution < 1.29 is 9.53 Å². The van der Waals surface area contributed by atoms with Crippen molar-refractivity contribution in [1.29, 1.82) is 0 Å².